The summed E-state index contributed by atoms with van der Waals surface area (Å²) < 4.78 is 5.66. The van der Waals surface area contributed by atoms with Crippen LogP contribution in [0.15, 0.2) is 66.5 Å². The van der Waals surface area contributed by atoms with Crippen molar-refractivity contribution in [3.05, 3.63) is 93.8 Å². The molecule has 0 radical (unpaired) electrons. The predicted molar refractivity (Wildman–Crippen MR) is 125 cm³/mol. The molecule has 1 aromatic heterocycles. The molecule has 1 amide bonds. The van der Waals surface area contributed by atoms with Crippen molar-refractivity contribution in [2.45, 2.75) is 25.8 Å². The van der Waals surface area contributed by atoms with Crippen molar-refractivity contribution in [1.82, 2.24) is 4.98 Å². The molecule has 6 nitrogen and oxygen atoms in total. The van der Waals surface area contributed by atoms with E-state index in [-0.39, 0.29) is 11.3 Å². The van der Waals surface area contributed by atoms with Gasteiger partial charge in [-0.3, -0.25) is 19.5 Å². The molecule has 2 aliphatic rings. The number of aromatic nitrogens is 1. The monoisotopic (exact) mass is 460 g/mol. The Hall–Kier alpha value is -3.64. The van der Waals surface area contributed by atoms with Crippen LogP contribution in [0, 0.1) is 6.92 Å². The minimum atomic E-state index is -0.844. The third kappa shape index (κ3) is 3.56. The van der Waals surface area contributed by atoms with Crippen LogP contribution in [0.25, 0.3) is 5.76 Å². The largest absolute Gasteiger partial charge is 0.507 e. The second-order valence-corrected chi connectivity index (χ2v) is 8.52. The Balaban J connectivity index is 1.71. The molecule has 1 fully saturated rings. The number of ketones is 1. The van der Waals surface area contributed by atoms with Crippen molar-refractivity contribution in [3.63, 3.8) is 0 Å². The minimum absolute atomic E-state index is 0.0176. The average molecular weight is 461 g/mol. The lowest BCUT2D eigenvalue weighted by Gasteiger charge is -2.27. The second kappa shape index (κ2) is 8.37. The number of halogens is 1. The normalized spacial score (nSPS) is 19.3. The van der Waals surface area contributed by atoms with Gasteiger partial charge < -0.3 is 9.84 Å². The first-order valence-electron chi connectivity index (χ1n) is 10.7. The quantitative estimate of drug-likeness (QED) is 0.338. The van der Waals surface area contributed by atoms with Gasteiger partial charge in [0, 0.05) is 28.7 Å². The van der Waals surface area contributed by atoms with E-state index in [2.05, 4.69) is 4.98 Å². The smallest absolute Gasteiger partial charge is 0.300 e. The number of benzene rings is 2. The molecule has 3 heterocycles. The molecule has 166 valence electrons. The van der Waals surface area contributed by atoms with Gasteiger partial charge in [-0.05, 0) is 72.9 Å². The zero-order valence-electron chi connectivity index (χ0n) is 17.9. The molecule has 1 atom stereocenters. The summed E-state index contributed by atoms with van der Waals surface area (Å²) >= 11 is 6.32. The minimum Gasteiger partial charge on any atom is -0.507 e. The summed E-state index contributed by atoms with van der Waals surface area (Å²) in [6.45, 7) is 2.45. The van der Waals surface area contributed by atoms with Crippen molar-refractivity contribution in [2.24, 2.45) is 0 Å². The van der Waals surface area contributed by atoms with Crippen LogP contribution in [0.1, 0.15) is 34.7 Å². The van der Waals surface area contributed by atoms with Gasteiger partial charge in [-0.2, -0.15) is 0 Å². The third-order valence-corrected chi connectivity index (χ3v) is 6.53. The van der Waals surface area contributed by atoms with Gasteiger partial charge in [0.2, 0.25) is 0 Å². The summed E-state index contributed by atoms with van der Waals surface area (Å²) in [6, 6.07) is 13.2. The highest BCUT2D eigenvalue weighted by Gasteiger charge is 2.47. The van der Waals surface area contributed by atoms with Crippen molar-refractivity contribution >= 4 is 34.7 Å². The van der Waals surface area contributed by atoms with Gasteiger partial charge in [-0.15, -0.1) is 0 Å². The Morgan fingerprint density at radius 1 is 1.18 bits per heavy atom. The molecule has 7 heteroatoms. The first-order chi connectivity index (χ1) is 16.0. The Labute approximate surface area is 196 Å². The first kappa shape index (κ1) is 21.2. The topological polar surface area (TPSA) is 79.7 Å². The van der Waals surface area contributed by atoms with Crippen LogP contribution in [0.4, 0.5) is 5.69 Å². The maximum atomic E-state index is 13.3. The number of hydrogen-bond donors (Lipinski definition) is 1. The van der Waals surface area contributed by atoms with Gasteiger partial charge in [0.1, 0.15) is 11.5 Å². The number of anilines is 1. The van der Waals surface area contributed by atoms with Crippen LogP contribution in [0.2, 0.25) is 5.02 Å². The summed E-state index contributed by atoms with van der Waals surface area (Å²) in [4.78, 5) is 32.1. The van der Waals surface area contributed by atoms with E-state index in [0.717, 1.165) is 24.2 Å². The summed E-state index contributed by atoms with van der Waals surface area (Å²) in [5, 5.41) is 11.8. The molecule has 2 aromatic carbocycles. The highest BCUT2D eigenvalue weighted by atomic mass is 35.5. The molecule has 0 bridgehead atoms. The molecule has 0 spiro atoms. The van der Waals surface area contributed by atoms with E-state index in [9.17, 15) is 14.7 Å². The average Bonchev–Trinajstić information content (AvgIpc) is 3.11. The van der Waals surface area contributed by atoms with E-state index in [1.165, 1.54) is 4.90 Å². The Kier molecular flexibility index (Phi) is 5.38. The highest BCUT2D eigenvalue weighted by molar-refractivity contribution is 6.52. The van der Waals surface area contributed by atoms with Crippen LogP contribution >= 0.6 is 11.6 Å². The molecular weight excluding hydrogens is 440 g/mol. The fraction of sp³-hybridized carbons (Fsp3) is 0.192. The molecule has 1 N–H and O–H groups in total. The number of aliphatic hydroxyl groups is 1. The van der Waals surface area contributed by atoms with Crippen LogP contribution in [0.5, 0.6) is 5.75 Å². The second-order valence-electron chi connectivity index (χ2n) is 8.11. The van der Waals surface area contributed by atoms with E-state index in [0.29, 0.717) is 34.0 Å². The van der Waals surface area contributed by atoms with E-state index in [4.69, 9.17) is 16.3 Å². The molecule has 2 aliphatic heterocycles. The SMILES string of the molecule is Cc1c(Cl)cccc1N1C(=O)C(=O)/C(=C(\O)c2ccc3c(c2)CCCO3)C1c1cccnc1. The third-order valence-electron chi connectivity index (χ3n) is 6.13. The van der Waals surface area contributed by atoms with E-state index >= 15 is 0 Å². The van der Waals surface area contributed by atoms with Gasteiger partial charge in [0.15, 0.2) is 0 Å². The van der Waals surface area contributed by atoms with Gasteiger partial charge in [-0.25, -0.2) is 0 Å². The Morgan fingerprint density at radius 3 is 2.82 bits per heavy atom. The fourth-order valence-electron chi connectivity index (χ4n) is 4.45. The maximum Gasteiger partial charge on any atom is 0.300 e. The first-order valence-corrected chi connectivity index (χ1v) is 11.1. The molecule has 0 saturated carbocycles. The Bertz CT molecular complexity index is 1300. The molecule has 0 aliphatic carbocycles. The number of aryl methyl sites for hydroxylation is 1. The van der Waals surface area contributed by atoms with Gasteiger partial charge in [0.05, 0.1) is 18.2 Å². The van der Waals surface area contributed by atoms with Crippen molar-refractivity contribution < 1.29 is 19.4 Å². The van der Waals surface area contributed by atoms with Crippen LogP contribution < -0.4 is 9.64 Å². The van der Waals surface area contributed by atoms with Crippen molar-refractivity contribution in [1.29, 1.82) is 0 Å². The van der Waals surface area contributed by atoms with E-state index in [1.54, 1.807) is 61.8 Å². The number of carbonyl (C=O) groups excluding carboxylic acids is 2. The lowest BCUT2D eigenvalue weighted by molar-refractivity contribution is -0.132. The summed E-state index contributed by atoms with van der Waals surface area (Å²) in [5.74, 6) is -0.930. The van der Waals surface area contributed by atoms with Crippen molar-refractivity contribution in [3.8, 4) is 5.75 Å². The predicted octanol–water partition coefficient (Wildman–Crippen LogP) is 4.99. The van der Waals surface area contributed by atoms with E-state index < -0.39 is 17.7 Å². The number of carbonyl (C=O) groups is 2. The Morgan fingerprint density at radius 2 is 2.03 bits per heavy atom. The zero-order chi connectivity index (χ0) is 23.1. The number of fused-ring (bicyclic) bond motifs is 1. The molecule has 1 saturated heterocycles. The molecule has 5 rings (SSSR count). The molecule has 3 aromatic rings. The number of ether oxygens (including phenoxy) is 1. The van der Waals surface area contributed by atoms with Gasteiger partial charge in [0.25, 0.3) is 11.7 Å². The van der Waals surface area contributed by atoms with E-state index in [1.807, 2.05) is 6.07 Å². The lowest BCUT2D eigenvalue weighted by Crippen LogP contribution is -2.30. The number of nitrogens with zero attached hydrogens (tertiary/aromatic N) is 2. The highest BCUT2D eigenvalue weighted by Crippen LogP contribution is 2.44. The summed E-state index contributed by atoms with van der Waals surface area (Å²) in [7, 11) is 0. The number of Topliss-reactive ketones (excluding diaryl/α,β-unsaturated/α-hetero) is 1. The zero-order valence-corrected chi connectivity index (χ0v) is 18.7. The standard InChI is InChI=1S/C26H21ClN2O4/c1-15-19(27)7-2-8-20(15)29-23(18-5-3-11-28-14-18)22(25(31)26(29)32)24(30)17-9-10-21-16(13-17)6-4-12-33-21/h2-3,5,7-11,13-14,23,30H,4,6,12H2,1H3/b24-22-. The van der Waals surface area contributed by atoms with Crippen molar-refractivity contribution in [2.75, 3.05) is 11.5 Å². The molecule has 1 unspecified atom stereocenters. The summed E-state index contributed by atoms with van der Waals surface area (Å²) in [5.41, 5.74) is 3.23. The number of rotatable bonds is 3. The van der Waals surface area contributed by atoms with Crippen LogP contribution in [0.3, 0.4) is 0 Å². The lowest BCUT2D eigenvalue weighted by atomic mass is 9.94. The van der Waals surface area contributed by atoms with Gasteiger partial charge >= 0.3 is 0 Å². The molecular formula is C26H21ClN2O4. The van der Waals surface area contributed by atoms with Crippen LogP contribution in [-0.2, 0) is 16.0 Å². The van der Waals surface area contributed by atoms with Gasteiger partial charge in [-0.1, -0.05) is 23.7 Å². The molecule has 33 heavy (non-hydrogen) atoms. The number of hydrogen-bond acceptors (Lipinski definition) is 5. The number of aliphatic hydroxyl groups excluding tert-OH is 1. The summed E-state index contributed by atoms with van der Waals surface area (Å²) in [6.07, 6.45) is 4.91. The number of pyridine rings is 1. The number of amides is 1. The van der Waals surface area contributed by atoms with Crippen LogP contribution in [-0.4, -0.2) is 28.4 Å². The fourth-order valence-corrected chi connectivity index (χ4v) is 4.62. The maximum absolute atomic E-state index is 13.3.